The second-order valence-corrected chi connectivity index (χ2v) is 4.55. The van der Waals surface area contributed by atoms with Gasteiger partial charge < -0.3 is 16.4 Å². The number of anilines is 1. The van der Waals surface area contributed by atoms with Crippen LogP contribution in [0.25, 0.3) is 0 Å². The van der Waals surface area contributed by atoms with E-state index in [0.29, 0.717) is 11.3 Å². The Hall–Kier alpha value is -2.55. The molecule has 0 bridgehead atoms. The van der Waals surface area contributed by atoms with Gasteiger partial charge in [-0.25, -0.2) is 4.79 Å². The van der Waals surface area contributed by atoms with Crippen molar-refractivity contribution in [2.24, 2.45) is 11.7 Å². The molecular formula is C14H18N4O2. The molecule has 0 heterocycles. The van der Waals surface area contributed by atoms with E-state index < -0.39 is 12.1 Å². The van der Waals surface area contributed by atoms with E-state index in [-0.39, 0.29) is 11.8 Å². The molecule has 4 N–H and O–H groups in total. The van der Waals surface area contributed by atoms with Gasteiger partial charge in [-0.2, -0.15) is 5.26 Å². The molecule has 0 aliphatic carbocycles. The molecule has 6 nitrogen and oxygen atoms in total. The molecule has 0 aromatic heterocycles. The first-order chi connectivity index (χ1) is 9.47. The largest absolute Gasteiger partial charge is 0.352 e. The van der Waals surface area contributed by atoms with E-state index in [1.165, 1.54) is 0 Å². The van der Waals surface area contributed by atoms with Crippen molar-refractivity contribution in [2.75, 3.05) is 5.32 Å². The molecule has 1 aromatic carbocycles. The van der Waals surface area contributed by atoms with Gasteiger partial charge >= 0.3 is 6.03 Å². The van der Waals surface area contributed by atoms with Crippen molar-refractivity contribution in [3.63, 3.8) is 0 Å². The lowest BCUT2D eigenvalue weighted by atomic mass is 9.98. The molecule has 2 atom stereocenters. The molecule has 0 aliphatic rings. The molecule has 0 unspecified atom stereocenters. The summed E-state index contributed by atoms with van der Waals surface area (Å²) in [5.41, 5.74) is 6.05. The predicted molar refractivity (Wildman–Crippen MR) is 75.7 cm³/mol. The highest BCUT2D eigenvalue weighted by Gasteiger charge is 2.25. The topological polar surface area (TPSA) is 108 Å². The van der Waals surface area contributed by atoms with Gasteiger partial charge in [-0.1, -0.05) is 26.3 Å². The number of benzene rings is 1. The summed E-state index contributed by atoms with van der Waals surface area (Å²) in [5.74, 6) is -0.408. The smallest absolute Gasteiger partial charge is 0.312 e. The zero-order valence-electron chi connectivity index (χ0n) is 11.5. The Balaban J connectivity index is 2.84. The van der Waals surface area contributed by atoms with Crippen molar-refractivity contribution in [2.45, 2.75) is 26.3 Å². The van der Waals surface area contributed by atoms with Crippen LogP contribution >= 0.6 is 0 Å². The minimum Gasteiger partial charge on any atom is -0.352 e. The Morgan fingerprint density at radius 3 is 2.70 bits per heavy atom. The molecule has 0 spiro atoms. The molecule has 0 saturated carbocycles. The number of nitriles is 1. The first-order valence-corrected chi connectivity index (χ1v) is 6.35. The maximum atomic E-state index is 12.2. The average molecular weight is 274 g/mol. The molecule has 1 rings (SSSR count). The number of nitrogens with zero attached hydrogens (tertiary/aromatic N) is 1. The van der Waals surface area contributed by atoms with E-state index in [1.807, 2.05) is 19.9 Å². The summed E-state index contributed by atoms with van der Waals surface area (Å²) in [6.07, 6.45) is 0.719. The Kier molecular flexibility index (Phi) is 5.54. The number of carbonyl (C=O) groups excluding carboxylic acids is 2. The van der Waals surface area contributed by atoms with Crippen molar-refractivity contribution in [1.29, 1.82) is 5.26 Å². The number of hydrogen-bond donors (Lipinski definition) is 3. The van der Waals surface area contributed by atoms with Crippen LogP contribution in [0.1, 0.15) is 25.8 Å². The highest BCUT2D eigenvalue weighted by atomic mass is 16.2. The van der Waals surface area contributed by atoms with Crippen molar-refractivity contribution >= 4 is 17.6 Å². The van der Waals surface area contributed by atoms with Crippen molar-refractivity contribution in [3.8, 4) is 6.07 Å². The highest BCUT2D eigenvalue weighted by molar-refractivity contribution is 5.97. The number of nitrogens with one attached hydrogen (secondary N) is 2. The first-order valence-electron chi connectivity index (χ1n) is 6.35. The van der Waals surface area contributed by atoms with E-state index in [1.54, 1.807) is 24.3 Å². The number of urea groups is 1. The lowest BCUT2D eigenvalue weighted by molar-refractivity contribution is -0.119. The van der Waals surface area contributed by atoms with Crippen LogP contribution < -0.4 is 16.4 Å². The van der Waals surface area contributed by atoms with Crippen LogP contribution in [0.3, 0.4) is 0 Å². The quantitative estimate of drug-likeness (QED) is 0.758. The fraction of sp³-hybridized carbons (Fsp3) is 0.357. The number of rotatable bonds is 5. The zero-order chi connectivity index (χ0) is 15.1. The van der Waals surface area contributed by atoms with Gasteiger partial charge in [-0.3, -0.25) is 4.79 Å². The van der Waals surface area contributed by atoms with Crippen LogP contribution in [0.2, 0.25) is 0 Å². The van der Waals surface area contributed by atoms with Gasteiger partial charge in [0.05, 0.1) is 11.6 Å². The SMILES string of the molecule is CC[C@H](C)[C@H](NC(N)=O)C(=O)Nc1cccc(C#N)c1. The Bertz CT molecular complexity index is 536. The summed E-state index contributed by atoms with van der Waals surface area (Å²) < 4.78 is 0. The third-order valence-electron chi connectivity index (χ3n) is 3.05. The molecule has 20 heavy (non-hydrogen) atoms. The normalized spacial score (nSPS) is 12.8. The summed E-state index contributed by atoms with van der Waals surface area (Å²) >= 11 is 0. The summed E-state index contributed by atoms with van der Waals surface area (Å²) in [5, 5.41) is 13.9. The molecule has 1 aromatic rings. The van der Waals surface area contributed by atoms with Gasteiger partial charge in [0, 0.05) is 5.69 Å². The van der Waals surface area contributed by atoms with Gasteiger partial charge in [-0.15, -0.1) is 0 Å². The third kappa shape index (κ3) is 4.28. The highest BCUT2D eigenvalue weighted by Crippen LogP contribution is 2.13. The van der Waals surface area contributed by atoms with E-state index in [0.717, 1.165) is 6.42 Å². The van der Waals surface area contributed by atoms with E-state index in [9.17, 15) is 9.59 Å². The summed E-state index contributed by atoms with van der Waals surface area (Å²) in [4.78, 5) is 23.2. The van der Waals surface area contributed by atoms with Crippen LogP contribution in [0.5, 0.6) is 0 Å². The van der Waals surface area contributed by atoms with Crippen LogP contribution in [0, 0.1) is 17.2 Å². The number of carbonyl (C=O) groups is 2. The summed E-state index contributed by atoms with van der Waals surface area (Å²) in [6.45, 7) is 3.77. The van der Waals surface area contributed by atoms with Crippen LogP contribution in [0.15, 0.2) is 24.3 Å². The number of primary amides is 1. The van der Waals surface area contributed by atoms with Gasteiger partial charge in [0.1, 0.15) is 6.04 Å². The molecule has 0 aliphatic heterocycles. The standard InChI is InChI=1S/C14H18N4O2/c1-3-9(2)12(18-14(16)20)13(19)17-11-6-4-5-10(7-11)8-15/h4-7,9,12H,3H2,1-2H3,(H,17,19)(H3,16,18,20)/t9-,12-/m0/s1. The van der Waals surface area contributed by atoms with Gasteiger partial charge in [0.15, 0.2) is 0 Å². The first kappa shape index (κ1) is 15.5. The second-order valence-electron chi connectivity index (χ2n) is 4.55. The fourth-order valence-electron chi connectivity index (χ4n) is 1.74. The van der Waals surface area contributed by atoms with Crippen LogP contribution in [-0.4, -0.2) is 18.0 Å². The van der Waals surface area contributed by atoms with Gasteiger partial charge in [0.25, 0.3) is 0 Å². The van der Waals surface area contributed by atoms with Gasteiger partial charge in [-0.05, 0) is 24.1 Å². The number of nitrogens with two attached hydrogens (primary N) is 1. The second kappa shape index (κ2) is 7.14. The zero-order valence-corrected chi connectivity index (χ0v) is 11.5. The van der Waals surface area contributed by atoms with E-state index in [2.05, 4.69) is 10.6 Å². The van der Waals surface area contributed by atoms with E-state index in [4.69, 9.17) is 11.0 Å². The van der Waals surface area contributed by atoms with Crippen molar-refractivity contribution in [3.05, 3.63) is 29.8 Å². The summed E-state index contributed by atoms with van der Waals surface area (Å²) in [6, 6.07) is 7.11. The third-order valence-corrected chi connectivity index (χ3v) is 3.05. The number of hydrogen-bond acceptors (Lipinski definition) is 3. The monoisotopic (exact) mass is 274 g/mol. The molecule has 3 amide bonds. The average Bonchev–Trinajstić information content (AvgIpc) is 2.43. The minimum absolute atomic E-state index is 0.0540. The lowest BCUT2D eigenvalue weighted by Gasteiger charge is -2.22. The lowest BCUT2D eigenvalue weighted by Crippen LogP contribution is -2.49. The Morgan fingerprint density at radius 2 is 2.15 bits per heavy atom. The van der Waals surface area contributed by atoms with Crippen molar-refractivity contribution < 1.29 is 9.59 Å². The van der Waals surface area contributed by atoms with Crippen molar-refractivity contribution in [1.82, 2.24) is 5.32 Å². The minimum atomic E-state index is -0.740. The molecule has 0 saturated heterocycles. The molecule has 106 valence electrons. The molecule has 6 heteroatoms. The van der Waals surface area contributed by atoms with Crippen LogP contribution in [0.4, 0.5) is 10.5 Å². The number of amides is 3. The summed E-state index contributed by atoms with van der Waals surface area (Å²) in [7, 11) is 0. The molecule has 0 radical (unpaired) electrons. The molecule has 0 fully saturated rings. The fourth-order valence-corrected chi connectivity index (χ4v) is 1.74. The Morgan fingerprint density at radius 1 is 1.45 bits per heavy atom. The van der Waals surface area contributed by atoms with Gasteiger partial charge in [0.2, 0.25) is 5.91 Å². The maximum Gasteiger partial charge on any atom is 0.312 e. The maximum absolute atomic E-state index is 12.2. The Labute approximate surface area is 118 Å². The predicted octanol–water partition coefficient (Wildman–Crippen LogP) is 1.58. The molecular weight excluding hydrogens is 256 g/mol. The van der Waals surface area contributed by atoms with E-state index >= 15 is 0 Å². The van der Waals surface area contributed by atoms with Crippen LogP contribution in [-0.2, 0) is 4.79 Å².